The van der Waals surface area contributed by atoms with Gasteiger partial charge in [-0.15, -0.1) is 0 Å². The van der Waals surface area contributed by atoms with Crippen LogP contribution >= 0.6 is 0 Å². The standard InChI is InChI=1S/C11H13F2NO4/c1-4-8(5(12)2-7(16)14-4)11-9(13)10(17)6(3-15)18-11/h2,6,9-11,15,17H,3H2,1H3,(H,14,16)/t6-,9+,10?,11+/m1/s1. The molecule has 3 N–H and O–H groups in total. The Labute approximate surface area is 101 Å². The number of aliphatic hydroxyl groups excluding tert-OH is 2. The average molecular weight is 261 g/mol. The van der Waals surface area contributed by atoms with E-state index in [2.05, 4.69) is 4.98 Å². The van der Waals surface area contributed by atoms with Crippen LogP contribution in [0.2, 0.25) is 0 Å². The van der Waals surface area contributed by atoms with Crippen LogP contribution in [-0.2, 0) is 4.74 Å². The van der Waals surface area contributed by atoms with Crippen molar-refractivity contribution in [1.29, 1.82) is 0 Å². The van der Waals surface area contributed by atoms with Crippen LogP contribution in [0.15, 0.2) is 10.9 Å². The molecule has 1 aromatic rings. The number of aliphatic hydroxyl groups is 2. The fraction of sp³-hybridized carbons (Fsp3) is 0.545. The lowest BCUT2D eigenvalue weighted by Crippen LogP contribution is -2.30. The van der Waals surface area contributed by atoms with E-state index in [1.807, 2.05) is 0 Å². The minimum absolute atomic E-state index is 0.137. The van der Waals surface area contributed by atoms with Gasteiger partial charge in [0.05, 0.1) is 6.61 Å². The van der Waals surface area contributed by atoms with Crippen molar-refractivity contribution in [2.45, 2.75) is 31.4 Å². The van der Waals surface area contributed by atoms with Crippen LogP contribution in [0.3, 0.4) is 0 Å². The third-order valence-corrected chi connectivity index (χ3v) is 3.01. The molecule has 1 saturated heterocycles. The fourth-order valence-corrected chi connectivity index (χ4v) is 2.12. The Bertz CT molecular complexity index is 478. The van der Waals surface area contributed by atoms with Crippen LogP contribution in [0.25, 0.3) is 0 Å². The number of halogens is 2. The summed E-state index contributed by atoms with van der Waals surface area (Å²) in [5.41, 5.74) is -0.642. The number of ether oxygens (including phenoxy) is 1. The summed E-state index contributed by atoms with van der Waals surface area (Å²) >= 11 is 0. The molecular formula is C11H13F2NO4. The van der Waals surface area contributed by atoms with Gasteiger partial charge in [0.2, 0.25) is 0 Å². The van der Waals surface area contributed by atoms with Crippen LogP contribution in [-0.4, -0.2) is 40.2 Å². The molecule has 0 bridgehead atoms. The predicted octanol–water partition coefficient (Wildman–Crippen LogP) is -0.0464. The fourth-order valence-electron chi connectivity index (χ4n) is 2.12. The molecule has 1 fully saturated rings. The highest BCUT2D eigenvalue weighted by atomic mass is 19.1. The second-order valence-corrected chi connectivity index (χ2v) is 4.23. The zero-order valence-corrected chi connectivity index (χ0v) is 9.56. The predicted molar refractivity (Wildman–Crippen MR) is 57.4 cm³/mol. The minimum Gasteiger partial charge on any atom is -0.394 e. The van der Waals surface area contributed by atoms with Gasteiger partial charge in [0, 0.05) is 17.3 Å². The summed E-state index contributed by atoms with van der Waals surface area (Å²) in [4.78, 5) is 13.4. The van der Waals surface area contributed by atoms with Crippen molar-refractivity contribution in [1.82, 2.24) is 4.98 Å². The number of aryl methyl sites for hydroxylation is 1. The topological polar surface area (TPSA) is 82.6 Å². The normalized spacial score (nSPS) is 31.8. The van der Waals surface area contributed by atoms with Gasteiger partial charge in [-0.05, 0) is 6.92 Å². The first-order valence-electron chi connectivity index (χ1n) is 5.43. The first-order chi connectivity index (χ1) is 8.45. The summed E-state index contributed by atoms with van der Waals surface area (Å²) in [6.45, 7) is 0.844. The number of aromatic nitrogens is 1. The summed E-state index contributed by atoms with van der Waals surface area (Å²) in [6.07, 6.45) is -5.82. The minimum atomic E-state index is -1.86. The molecule has 0 saturated carbocycles. The summed E-state index contributed by atoms with van der Waals surface area (Å²) in [7, 11) is 0. The van der Waals surface area contributed by atoms with Gasteiger partial charge in [-0.3, -0.25) is 4.79 Å². The van der Waals surface area contributed by atoms with Crippen molar-refractivity contribution in [2.24, 2.45) is 0 Å². The van der Waals surface area contributed by atoms with Gasteiger partial charge < -0.3 is 19.9 Å². The lowest BCUT2D eigenvalue weighted by atomic mass is 10.0. The monoisotopic (exact) mass is 261 g/mol. The van der Waals surface area contributed by atoms with Crippen LogP contribution in [0.1, 0.15) is 17.4 Å². The van der Waals surface area contributed by atoms with Crippen molar-refractivity contribution < 1.29 is 23.7 Å². The maximum absolute atomic E-state index is 13.8. The Morgan fingerprint density at radius 1 is 1.56 bits per heavy atom. The largest absolute Gasteiger partial charge is 0.394 e. The Balaban J connectivity index is 2.41. The van der Waals surface area contributed by atoms with Crippen molar-refractivity contribution in [3.63, 3.8) is 0 Å². The number of H-pyrrole nitrogens is 1. The molecule has 1 aliphatic rings. The highest BCUT2D eigenvalue weighted by molar-refractivity contribution is 5.26. The molecule has 0 radical (unpaired) electrons. The van der Waals surface area contributed by atoms with Gasteiger partial charge in [0.15, 0.2) is 6.17 Å². The van der Waals surface area contributed by atoms with Gasteiger partial charge >= 0.3 is 0 Å². The van der Waals surface area contributed by atoms with E-state index in [-0.39, 0.29) is 11.3 Å². The third kappa shape index (κ3) is 2.05. The van der Waals surface area contributed by atoms with E-state index in [1.54, 1.807) is 0 Å². The van der Waals surface area contributed by atoms with E-state index in [1.165, 1.54) is 6.92 Å². The Hall–Kier alpha value is -1.31. The van der Waals surface area contributed by atoms with Crippen LogP contribution in [0.4, 0.5) is 8.78 Å². The SMILES string of the molecule is Cc1[nH]c(=O)cc(F)c1[C@@H]1O[C@H](CO)C(O)[C@@H]1F. The van der Waals surface area contributed by atoms with Crippen molar-refractivity contribution in [3.05, 3.63) is 33.5 Å². The van der Waals surface area contributed by atoms with Gasteiger partial charge in [0.1, 0.15) is 24.1 Å². The Kier molecular flexibility index (Phi) is 3.47. The summed E-state index contributed by atoms with van der Waals surface area (Å²) in [6, 6.07) is 0.692. The molecule has 7 heteroatoms. The second-order valence-electron chi connectivity index (χ2n) is 4.23. The molecule has 5 nitrogen and oxygen atoms in total. The lowest BCUT2D eigenvalue weighted by Gasteiger charge is -2.16. The lowest BCUT2D eigenvalue weighted by molar-refractivity contribution is -0.0237. The highest BCUT2D eigenvalue weighted by Crippen LogP contribution is 2.37. The first kappa shape index (κ1) is 13.1. The van der Waals surface area contributed by atoms with Crippen LogP contribution < -0.4 is 5.56 Å². The molecule has 0 aromatic carbocycles. The van der Waals surface area contributed by atoms with Gasteiger partial charge in [-0.25, -0.2) is 8.78 Å². The zero-order valence-electron chi connectivity index (χ0n) is 9.56. The zero-order chi connectivity index (χ0) is 13.4. The molecule has 1 unspecified atom stereocenters. The van der Waals surface area contributed by atoms with Crippen molar-refractivity contribution in [2.75, 3.05) is 6.61 Å². The molecule has 1 aromatic heterocycles. The van der Waals surface area contributed by atoms with Crippen LogP contribution in [0.5, 0.6) is 0 Å². The van der Waals surface area contributed by atoms with E-state index in [0.717, 1.165) is 0 Å². The summed E-state index contributed by atoms with van der Waals surface area (Å²) in [5, 5.41) is 18.4. The van der Waals surface area contributed by atoms with E-state index < -0.39 is 42.5 Å². The number of nitrogens with one attached hydrogen (secondary N) is 1. The number of hydrogen-bond acceptors (Lipinski definition) is 4. The molecule has 0 amide bonds. The van der Waals surface area contributed by atoms with Crippen molar-refractivity contribution in [3.8, 4) is 0 Å². The van der Waals surface area contributed by atoms with E-state index >= 15 is 0 Å². The third-order valence-electron chi connectivity index (χ3n) is 3.01. The van der Waals surface area contributed by atoms with Gasteiger partial charge in [0.25, 0.3) is 5.56 Å². The van der Waals surface area contributed by atoms with E-state index in [0.29, 0.717) is 6.07 Å². The van der Waals surface area contributed by atoms with Crippen LogP contribution in [0, 0.1) is 12.7 Å². The summed E-state index contributed by atoms with van der Waals surface area (Å²) < 4.78 is 32.6. The molecule has 0 aliphatic carbocycles. The maximum atomic E-state index is 13.8. The molecule has 18 heavy (non-hydrogen) atoms. The number of aromatic amines is 1. The smallest absolute Gasteiger partial charge is 0.251 e. The average Bonchev–Trinajstić information content (AvgIpc) is 2.56. The molecular weight excluding hydrogens is 248 g/mol. The number of alkyl halides is 1. The molecule has 0 spiro atoms. The molecule has 2 rings (SSSR count). The molecule has 4 atom stereocenters. The second kappa shape index (κ2) is 4.75. The molecule has 2 heterocycles. The highest BCUT2D eigenvalue weighted by Gasteiger charge is 2.46. The van der Waals surface area contributed by atoms with Gasteiger partial charge in [-0.2, -0.15) is 0 Å². The molecule has 1 aliphatic heterocycles. The quantitative estimate of drug-likeness (QED) is 0.697. The Morgan fingerprint density at radius 2 is 2.22 bits per heavy atom. The Morgan fingerprint density at radius 3 is 2.72 bits per heavy atom. The van der Waals surface area contributed by atoms with Gasteiger partial charge in [-0.1, -0.05) is 0 Å². The maximum Gasteiger partial charge on any atom is 0.251 e. The number of hydrogen-bond donors (Lipinski definition) is 3. The molecule has 100 valence electrons. The first-order valence-corrected chi connectivity index (χ1v) is 5.43. The number of rotatable bonds is 2. The van der Waals surface area contributed by atoms with Crippen molar-refractivity contribution >= 4 is 0 Å². The number of pyridine rings is 1. The van der Waals surface area contributed by atoms with E-state index in [9.17, 15) is 18.7 Å². The van der Waals surface area contributed by atoms with E-state index in [4.69, 9.17) is 9.84 Å². The summed E-state index contributed by atoms with van der Waals surface area (Å²) in [5.74, 6) is -0.894.